The first-order valence-corrected chi connectivity index (χ1v) is 9.63. The van der Waals surface area contributed by atoms with Crippen LogP contribution in [0.4, 0.5) is 13.2 Å². The Kier molecular flexibility index (Phi) is 5.79. The maximum absolute atomic E-state index is 13.2. The lowest BCUT2D eigenvalue weighted by molar-refractivity contribution is -0.137. The smallest absolute Gasteiger partial charge is 0.417 e. The van der Waals surface area contributed by atoms with E-state index >= 15 is 0 Å². The number of hydrogen-bond acceptors (Lipinski definition) is 6. The molecular formula is C21H18F3N5O2. The van der Waals surface area contributed by atoms with Crippen LogP contribution >= 0.6 is 0 Å². The zero-order valence-electron chi connectivity index (χ0n) is 16.3. The van der Waals surface area contributed by atoms with E-state index in [1.807, 2.05) is 0 Å². The molecule has 1 fully saturated rings. The van der Waals surface area contributed by atoms with Crippen LogP contribution in [0.1, 0.15) is 28.9 Å². The van der Waals surface area contributed by atoms with Gasteiger partial charge in [0.05, 0.1) is 17.7 Å². The highest BCUT2D eigenvalue weighted by Gasteiger charge is 2.31. The molecule has 4 heterocycles. The van der Waals surface area contributed by atoms with E-state index in [0.717, 1.165) is 12.3 Å². The highest BCUT2D eigenvalue weighted by molar-refractivity contribution is 5.98. The Hall–Kier alpha value is -3.56. The molecular weight excluding hydrogens is 411 g/mol. The van der Waals surface area contributed by atoms with Crippen LogP contribution in [0.2, 0.25) is 0 Å². The van der Waals surface area contributed by atoms with E-state index in [0.29, 0.717) is 30.8 Å². The molecule has 0 aromatic carbocycles. The van der Waals surface area contributed by atoms with Gasteiger partial charge in [-0.15, -0.1) is 0 Å². The van der Waals surface area contributed by atoms with Gasteiger partial charge >= 0.3 is 6.18 Å². The van der Waals surface area contributed by atoms with E-state index < -0.39 is 11.7 Å². The summed E-state index contributed by atoms with van der Waals surface area (Å²) < 4.78 is 43.8. The van der Waals surface area contributed by atoms with Crippen molar-refractivity contribution < 1.29 is 22.7 Å². The number of alkyl halides is 3. The largest absolute Gasteiger partial charge is 0.472 e. The zero-order valence-corrected chi connectivity index (χ0v) is 16.3. The minimum absolute atomic E-state index is 0.0866. The summed E-state index contributed by atoms with van der Waals surface area (Å²) >= 11 is 0. The molecule has 1 atom stereocenters. The molecule has 0 saturated carbocycles. The van der Waals surface area contributed by atoms with Gasteiger partial charge in [-0.25, -0.2) is 15.0 Å². The van der Waals surface area contributed by atoms with E-state index in [4.69, 9.17) is 4.74 Å². The van der Waals surface area contributed by atoms with Gasteiger partial charge in [-0.2, -0.15) is 13.2 Å². The molecule has 7 nitrogen and oxygen atoms in total. The van der Waals surface area contributed by atoms with E-state index in [2.05, 4.69) is 19.9 Å². The number of hydrogen-bond donors (Lipinski definition) is 0. The van der Waals surface area contributed by atoms with Crippen LogP contribution in [0.15, 0.2) is 55.1 Å². The Balaban J connectivity index is 1.48. The fourth-order valence-corrected chi connectivity index (χ4v) is 3.35. The molecule has 1 saturated heterocycles. The van der Waals surface area contributed by atoms with Crippen molar-refractivity contribution >= 4 is 5.91 Å². The highest BCUT2D eigenvalue weighted by Crippen LogP contribution is 2.29. The molecule has 1 amide bonds. The molecule has 0 radical (unpaired) electrons. The normalized spacial score (nSPS) is 16.7. The number of carbonyl (C=O) groups is 1. The Morgan fingerprint density at radius 3 is 2.52 bits per heavy atom. The zero-order chi connectivity index (χ0) is 21.8. The molecule has 160 valence electrons. The van der Waals surface area contributed by atoms with E-state index in [1.165, 1.54) is 12.3 Å². The Morgan fingerprint density at radius 1 is 1.03 bits per heavy atom. The summed E-state index contributed by atoms with van der Waals surface area (Å²) in [6.45, 7) is 0.790. The van der Waals surface area contributed by atoms with Crippen LogP contribution in [0.25, 0.3) is 11.4 Å². The molecule has 0 unspecified atom stereocenters. The molecule has 0 spiro atoms. The maximum Gasteiger partial charge on any atom is 0.417 e. The second-order valence-electron chi connectivity index (χ2n) is 6.99. The summed E-state index contributed by atoms with van der Waals surface area (Å²) in [5, 5.41) is 0. The summed E-state index contributed by atoms with van der Waals surface area (Å²) in [5.74, 6) is 0.206. The van der Waals surface area contributed by atoms with E-state index in [9.17, 15) is 18.0 Å². The number of rotatable bonds is 4. The van der Waals surface area contributed by atoms with Gasteiger partial charge in [0.1, 0.15) is 11.8 Å². The third-order valence-electron chi connectivity index (χ3n) is 4.83. The predicted molar refractivity (Wildman–Crippen MR) is 104 cm³/mol. The Labute approximate surface area is 176 Å². The number of halogens is 3. The van der Waals surface area contributed by atoms with Crippen molar-refractivity contribution in [1.29, 1.82) is 0 Å². The van der Waals surface area contributed by atoms with E-state index in [-0.39, 0.29) is 30.1 Å². The molecule has 0 N–H and O–H groups in total. The minimum Gasteiger partial charge on any atom is -0.472 e. The summed E-state index contributed by atoms with van der Waals surface area (Å²) in [6.07, 6.45) is 1.94. The van der Waals surface area contributed by atoms with Crippen LogP contribution in [0.3, 0.4) is 0 Å². The molecule has 0 bridgehead atoms. The van der Waals surface area contributed by atoms with Crippen molar-refractivity contribution in [3.8, 4) is 17.3 Å². The summed E-state index contributed by atoms with van der Waals surface area (Å²) in [6, 6.07) is 7.24. The second-order valence-corrected chi connectivity index (χ2v) is 6.99. The lowest BCUT2D eigenvalue weighted by atomic mass is 10.1. The second kappa shape index (κ2) is 8.66. The number of amides is 1. The lowest BCUT2D eigenvalue weighted by Crippen LogP contribution is -2.44. The number of pyridine rings is 2. The van der Waals surface area contributed by atoms with Gasteiger partial charge in [0.25, 0.3) is 5.91 Å². The maximum atomic E-state index is 13.2. The molecule has 3 aromatic heterocycles. The van der Waals surface area contributed by atoms with Crippen molar-refractivity contribution in [3.05, 3.63) is 66.4 Å². The first-order chi connectivity index (χ1) is 14.9. The number of piperidine rings is 1. The van der Waals surface area contributed by atoms with Crippen LogP contribution < -0.4 is 4.74 Å². The van der Waals surface area contributed by atoms with Gasteiger partial charge in [0, 0.05) is 37.4 Å². The molecule has 0 aliphatic carbocycles. The van der Waals surface area contributed by atoms with Crippen molar-refractivity contribution in [1.82, 2.24) is 24.8 Å². The minimum atomic E-state index is -4.46. The van der Waals surface area contributed by atoms with Crippen LogP contribution in [0, 0.1) is 0 Å². The summed E-state index contributed by atoms with van der Waals surface area (Å²) in [4.78, 5) is 31.2. The fraction of sp³-hybridized carbons (Fsp3) is 0.286. The number of likely N-dealkylation sites (tertiary alicyclic amines) is 1. The number of ether oxygens (including phenoxy) is 1. The van der Waals surface area contributed by atoms with Gasteiger partial charge in [-0.05, 0) is 37.1 Å². The van der Waals surface area contributed by atoms with Crippen molar-refractivity contribution in [3.63, 3.8) is 0 Å². The monoisotopic (exact) mass is 429 g/mol. The average molecular weight is 429 g/mol. The molecule has 1 aliphatic rings. The standard InChI is InChI=1S/C21H18F3N5O2/c22-21(23,24)14-6-7-17(28-12-14)31-15-4-2-11-29(13-15)20(30)18-16(5-1-8-25-18)19-26-9-3-10-27-19/h1,3,5-10,12,15H,2,4,11,13H2/t15-/m1/s1. The number of nitrogens with zero attached hydrogens (tertiary/aromatic N) is 5. The summed E-state index contributed by atoms with van der Waals surface area (Å²) in [5.41, 5.74) is -0.0753. The molecule has 4 rings (SSSR count). The first kappa shape index (κ1) is 20.7. The topological polar surface area (TPSA) is 81.1 Å². The van der Waals surface area contributed by atoms with Crippen molar-refractivity contribution in [2.75, 3.05) is 13.1 Å². The van der Waals surface area contributed by atoms with Crippen LogP contribution in [-0.4, -0.2) is 49.9 Å². The lowest BCUT2D eigenvalue weighted by Gasteiger charge is -2.32. The highest BCUT2D eigenvalue weighted by atomic mass is 19.4. The van der Waals surface area contributed by atoms with Gasteiger partial charge in [0.15, 0.2) is 5.82 Å². The van der Waals surface area contributed by atoms with Gasteiger partial charge in [-0.3, -0.25) is 9.78 Å². The number of aromatic nitrogens is 4. The van der Waals surface area contributed by atoms with Crippen molar-refractivity contribution in [2.45, 2.75) is 25.1 Å². The van der Waals surface area contributed by atoms with Gasteiger partial charge in [0.2, 0.25) is 5.88 Å². The molecule has 3 aromatic rings. The quantitative estimate of drug-likeness (QED) is 0.630. The summed E-state index contributed by atoms with van der Waals surface area (Å²) in [7, 11) is 0. The van der Waals surface area contributed by atoms with Gasteiger partial charge < -0.3 is 9.64 Å². The van der Waals surface area contributed by atoms with Crippen molar-refractivity contribution in [2.24, 2.45) is 0 Å². The Bertz CT molecular complexity index is 1040. The third kappa shape index (κ3) is 4.79. The predicted octanol–water partition coefficient (Wildman–Crippen LogP) is 3.64. The number of carbonyl (C=O) groups excluding carboxylic acids is 1. The van der Waals surface area contributed by atoms with Crippen LogP contribution in [0.5, 0.6) is 5.88 Å². The van der Waals surface area contributed by atoms with Gasteiger partial charge in [-0.1, -0.05) is 0 Å². The van der Waals surface area contributed by atoms with Crippen LogP contribution in [-0.2, 0) is 6.18 Å². The fourth-order valence-electron chi connectivity index (χ4n) is 3.35. The first-order valence-electron chi connectivity index (χ1n) is 9.63. The Morgan fingerprint density at radius 2 is 1.81 bits per heavy atom. The average Bonchev–Trinajstić information content (AvgIpc) is 2.79. The molecule has 1 aliphatic heterocycles. The third-order valence-corrected chi connectivity index (χ3v) is 4.83. The molecule has 10 heteroatoms. The SMILES string of the molecule is O=C(c1ncccc1-c1ncccn1)N1CCC[C@@H](Oc2ccc(C(F)(F)F)cn2)C1. The van der Waals surface area contributed by atoms with E-state index in [1.54, 1.807) is 35.5 Å². The molecule has 31 heavy (non-hydrogen) atoms.